The van der Waals surface area contributed by atoms with Gasteiger partial charge < -0.3 is 14.7 Å². The van der Waals surface area contributed by atoms with Crippen LogP contribution in [0.3, 0.4) is 0 Å². The second-order valence-electron chi connectivity index (χ2n) is 8.98. The van der Waals surface area contributed by atoms with E-state index in [1.165, 1.54) is 31.4 Å². The highest BCUT2D eigenvalue weighted by molar-refractivity contribution is 5.77. The maximum Gasteiger partial charge on any atom is 0.223 e. The molecule has 4 rings (SSSR count). The lowest BCUT2D eigenvalue weighted by atomic mass is 10.0. The first-order valence-corrected chi connectivity index (χ1v) is 11.3. The summed E-state index contributed by atoms with van der Waals surface area (Å²) in [5.74, 6) is 1.06. The number of anilines is 1. The van der Waals surface area contributed by atoms with Crippen LogP contribution in [0, 0.1) is 12.8 Å². The summed E-state index contributed by atoms with van der Waals surface area (Å²) in [5.41, 5.74) is 3.21. The van der Waals surface area contributed by atoms with E-state index < -0.39 is 0 Å². The van der Waals surface area contributed by atoms with E-state index in [1.54, 1.807) is 6.92 Å². The maximum absolute atomic E-state index is 13.0. The van der Waals surface area contributed by atoms with E-state index in [0.29, 0.717) is 18.2 Å². The zero-order valence-electron chi connectivity index (χ0n) is 17.9. The molecule has 0 radical (unpaired) electrons. The van der Waals surface area contributed by atoms with Crippen molar-refractivity contribution in [1.82, 2.24) is 14.8 Å². The van der Waals surface area contributed by atoms with Crippen molar-refractivity contribution in [3.05, 3.63) is 23.5 Å². The summed E-state index contributed by atoms with van der Waals surface area (Å²) in [6.45, 7) is 7.76. The molecule has 158 valence electrons. The smallest absolute Gasteiger partial charge is 0.223 e. The van der Waals surface area contributed by atoms with Crippen molar-refractivity contribution in [3.8, 4) is 0 Å². The van der Waals surface area contributed by atoms with Gasteiger partial charge in [0.05, 0.1) is 11.7 Å². The molecular weight excluding hydrogens is 364 g/mol. The molecule has 1 atom stereocenters. The summed E-state index contributed by atoms with van der Waals surface area (Å²) in [6, 6.07) is 4.43. The molecule has 2 amide bonds. The number of amides is 2. The Hall–Kier alpha value is -2.11. The molecule has 6 nitrogen and oxygen atoms in total. The van der Waals surface area contributed by atoms with Crippen molar-refractivity contribution in [2.45, 2.75) is 64.8 Å². The van der Waals surface area contributed by atoms with Gasteiger partial charge in [0.1, 0.15) is 0 Å². The molecule has 0 aromatic carbocycles. The van der Waals surface area contributed by atoms with Crippen LogP contribution in [-0.4, -0.2) is 59.3 Å². The van der Waals surface area contributed by atoms with Gasteiger partial charge in [-0.05, 0) is 50.7 Å². The van der Waals surface area contributed by atoms with Crippen LogP contribution in [0.5, 0.6) is 0 Å². The average Bonchev–Trinajstić information content (AvgIpc) is 3.39. The molecule has 3 heterocycles. The zero-order chi connectivity index (χ0) is 20.4. The molecule has 2 aliphatic heterocycles. The first-order valence-electron chi connectivity index (χ1n) is 11.3. The normalized spacial score (nSPS) is 23.1. The van der Waals surface area contributed by atoms with Crippen LogP contribution in [0.25, 0.3) is 0 Å². The molecule has 29 heavy (non-hydrogen) atoms. The third-order valence-electron chi connectivity index (χ3n) is 6.90. The van der Waals surface area contributed by atoms with E-state index in [4.69, 9.17) is 4.98 Å². The summed E-state index contributed by atoms with van der Waals surface area (Å²) in [4.78, 5) is 35.8. The summed E-state index contributed by atoms with van der Waals surface area (Å²) in [6.07, 6.45) is 7.75. The highest BCUT2D eigenvalue weighted by Gasteiger charge is 2.33. The topological polar surface area (TPSA) is 56.8 Å². The third-order valence-corrected chi connectivity index (χ3v) is 6.90. The Morgan fingerprint density at radius 1 is 1.00 bits per heavy atom. The van der Waals surface area contributed by atoms with Crippen LogP contribution < -0.4 is 4.90 Å². The Morgan fingerprint density at radius 2 is 1.72 bits per heavy atom. The minimum Gasteiger partial charge on any atom is -0.368 e. The average molecular weight is 399 g/mol. The van der Waals surface area contributed by atoms with E-state index in [-0.39, 0.29) is 11.9 Å². The fraction of sp³-hybridized carbons (Fsp3) is 0.696. The third kappa shape index (κ3) is 4.57. The second kappa shape index (κ2) is 8.72. The molecule has 1 unspecified atom stereocenters. The summed E-state index contributed by atoms with van der Waals surface area (Å²) in [5, 5.41) is 0. The fourth-order valence-electron chi connectivity index (χ4n) is 5.26. The fourth-order valence-corrected chi connectivity index (χ4v) is 5.26. The molecule has 1 aromatic rings. The lowest BCUT2D eigenvalue weighted by Gasteiger charge is -2.36. The van der Waals surface area contributed by atoms with Gasteiger partial charge in [0.2, 0.25) is 11.8 Å². The van der Waals surface area contributed by atoms with Gasteiger partial charge in [-0.3, -0.25) is 14.6 Å². The molecule has 3 aliphatic rings. The van der Waals surface area contributed by atoms with Gasteiger partial charge in [-0.1, -0.05) is 12.8 Å². The summed E-state index contributed by atoms with van der Waals surface area (Å²) < 4.78 is 0. The first kappa shape index (κ1) is 20.2. The minimum absolute atomic E-state index is 0.112. The number of rotatable bonds is 4. The molecule has 1 aliphatic carbocycles. The highest BCUT2D eigenvalue weighted by Crippen LogP contribution is 2.35. The predicted molar refractivity (Wildman–Crippen MR) is 114 cm³/mol. The van der Waals surface area contributed by atoms with Crippen LogP contribution in [0.15, 0.2) is 12.1 Å². The number of hydrogen-bond acceptors (Lipinski definition) is 4. The van der Waals surface area contributed by atoms with Gasteiger partial charge in [0.25, 0.3) is 0 Å². The van der Waals surface area contributed by atoms with Gasteiger partial charge in [-0.15, -0.1) is 0 Å². The van der Waals surface area contributed by atoms with E-state index in [1.807, 2.05) is 11.8 Å². The van der Waals surface area contributed by atoms with E-state index >= 15 is 0 Å². The van der Waals surface area contributed by atoms with Crippen molar-refractivity contribution in [2.75, 3.05) is 37.6 Å². The van der Waals surface area contributed by atoms with Crippen LogP contribution in [-0.2, 0) is 9.59 Å². The van der Waals surface area contributed by atoms with Crippen LogP contribution in [0.4, 0.5) is 5.69 Å². The van der Waals surface area contributed by atoms with Gasteiger partial charge in [0, 0.05) is 57.4 Å². The van der Waals surface area contributed by atoms with Crippen LogP contribution in [0.1, 0.15) is 69.3 Å². The van der Waals surface area contributed by atoms with Crippen molar-refractivity contribution in [3.63, 3.8) is 0 Å². The molecule has 2 saturated heterocycles. The van der Waals surface area contributed by atoms with Gasteiger partial charge >= 0.3 is 0 Å². The number of carbonyl (C=O) groups is 2. The summed E-state index contributed by atoms with van der Waals surface area (Å²) >= 11 is 0. The van der Waals surface area contributed by atoms with E-state index in [0.717, 1.165) is 57.0 Å². The number of aromatic nitrogens is 1. The molecule has 1 aromatic heterocycles. The van der Waals surface area contributed by atoms with Gasteiger partial charge in [-0.25, -0.2) is 0 Å². The molecule has 3 fully saturated rings. The van der Waals surface area contributed by atoms with Gasteiger partial charge in [0.15, 0.2) is 0 Å². The predicted octanol–water partition coefficient (Wildman–Crippen LogP) is 3.30. The summed E-state index contributed by atoms with van der Waals surface area (Å²) in [7, 11) is 0. The number of piperazine rings is 1. The Balaban J connectivity index is 1.47. The second-order valence-corrected chi connectivity index (χ2v) is 8.98. The van der Waals surface area contributed by atoms with Crippen molar-refractivity contribution in [2.24, 2.45) is 5.92 Å². The molecule has 6 heteroatoms. The Kier molecular flexibility index (Phi) is 6.07. The lowest BCUT2D eigenvalue weighted by Crippen LogP contribution is -2.48. The molecule has 0 bridgehead atoms. The highest BCUT2D eigenvalue weighted by atomic mass is 16.2. The SMILES string of the molecule is CC(=O)N1CCN(c2cc(C)nc(C3CCCN3C(=O)CC3CCCC3)c2)CC1. The van der Waals surface area contributed by atoms with E-state index in [2.05, 4.69) is 21.9 Å². The van der Waals surface area contributed by atoms with Crippen molar-refractivity contribution in [1.29, 1.82) is 0 Å². The van der Waals surface area contributed by atoms with Gasteiger partial charge in [-0.2, -0.15) is 0 Å². The van der Waals surface area contributed by atoms with Crippen LogP contribution in [0.2, 0.25) is 0 Å². The molecule has 0 spiro atoms. The zero-order valence-corrected chi connectivity index (χ0v) is 17.9. The van der Waals surface area contributed by atoms with Crippen LogP contribution >= 0.6 is 0 Å². The molecule has 1 saturated carbocycles. The van der Waals surface area contributed by atoms with E-state index in [9.17, 15) is 9.59 Å². The van der Waals surface area contributed by atoms with Crippen molar-refractivity contribution < 1.29 is 9.59 Å². The number of likely N-dealkylation sites (tertiary alicyclic amines) is 1. The maximum atomic E-state index is 13.0. The number of aryl methyl sites for hydroxylation is 1. The Labute approximate surface area is 174 Å². The quantitative estimate of drug-likeness (QED) is 0.781. The van der Waals surface area contributed by atoms with Crippen molar-refractivity contribution >= 4 is 17.5 Å². The Morgan fingerprint density at radius 3 is 2.41 bits per heavy atom. The number of carbonyl (C=O) groups excluding carboxylic acids is 2. The number of nitrogens with zero attached hydrogens (tertiary/aromatic N) is 4. The number of pyridine rings is 1. The first-order chi connectivity index (χ1) is 14.0. The lowest BCUT2D eigenvalue weighted by molar-refractivity contribution is -0.133. The molecular formula is C23H34N4O2. The molecule has 0 N–H and O–H groups in total. The largest absolute Gasteiger partial charge is 0.368 e. The standard InChI is InChI=1S/C23H34N4O2/c1-17-14-20(26-12-10-25(11-13-26)18(2)28)16-21(24-17)22-8-5-9-27(22)23(29)15-19-6-3-4-7-19/h14,16,19,22H,3-13,15H2,1-2H3. The monoisotopic (exact) mass is 398 g/mol. The minimum atomic E-state index is 0.112. The Bertz CT molecular complexity index is 751. The number of hydrogen-bond donors (Lipinski definition) is 0.